The Morgan fingerprint density at radius 2 is 2.08 bits per heavy atom. The van der Waals surface area contributed by atoms with Crippen molar-refractivity contribution in [2.24, 2.45) is 7.05 Å². The number of fused-ring (bicyclic) bond motifs is 1. The third kappa shape index (κ3) is 3.82. The number of nitrogens with zero attached hydrogens (tertiary/aromatic N) is 2. The fourth-order valence-electron chi connectivity index (χ4n) is 2.88. The lowest BCUT2D eigenvalue weighted by Gasteiger charge is -2.10. The molecular formula is C18H25N3O4. The summed E-state index contributed by atoms with van der Waals surface area (Å²) in [4.78, 5) is 0. The number of aromatic nitrogens is 2. The Hall–Kier alpha value is -2.41. The lowest BCUT2D eigenvalue weighted by atomic mass is 10.1. The zero-order valence-corrected chi connectivity index (χ0v) is 15.2. The molecule has 1 aliphatic rings. The Bertz CT molecular complexity index is 727. The lowest BCUT2D eigenvalue weighted by molar-refractivity contribution is 0.173. The SMILES string of the molecule is COc1c(CNCCOc2ccc3c(c2)OCO3)c(C(C)C)nn1C. The molecule has 1 aliphatic heterocycles. The molecule has 25 heavy (non-hydrogen) atoms. The van der Waals surface area contributed by atoms with E-state index in [-0.39, 0.29) is 6.79 Å². The molecule has 0 spiro atoms. The van der Waals surface area contributed by atoms with E-state index < -0.39 is 0 Å². The standard InChI is InChI=1S/C18H25N3O4/c1-12(2)17-14(18(22-4)21(3)20-17)10-19-7-8-23-13-5-6-15-16(9-13)25-11-24-15/h5-6,9,12,19H,7-8,10-11H2,1-4H3. The zero-order valence-electron chi connectivity index (χ0n) is 15.2. The summed E-state index contributed by atoms with van der Waals surface area (Å²) in [6.45, 7) is 6.49. The second-order valence-electron chi connectivity index (χ2n) is 6.19. The van der Waals surface area contributed by atoms with Crippen LogP contribution in [0.15, 0.2) is 18.2 Å². The van der Waals surface area contributed by atoms with Crippen molar-refractivity contribution < 1.29 is 18.9 Å². The Balaban J connectivity index is 1.50. The average Bonchev–Trinajstić information content (AvgIpc) is 3.18. The predicted octanol–water partition coefficient (Wildman–Crippen LogP) is 2.45. The number of hydrogen-bond donors (Lipinski definition) is 1. The van der Waals surface area contributed by atoms with Gasteiger partial charge in [-0.25, -0.2) is 4.68 Å². The van der Waals surface area contributed by atoms with Crippen molar-refractivity contribution in [2.75, 3.05) is 27.1 Å². The first-order valence-corrected chi connectivity index (χ1v) is 8.43. The minimum atomic E-state index is 0.269. The lowest BCUT2D eigenvalue weighted by Crippen LogP contribution is -2.21. The van der Waals surface area contributed by atoms with Gasteiger partial charge in [-0.2, -0.15) is 5.10 Å². The molecule has 3 rings (SSSR count). The van der Waals surface area contributed by atoms with E-state index in [1.807, 2.05) is 25.2 Å². The number of methoxy groups -OCH3 is 1. The highest BCUT2D eigenvalue weighted by Gasteiger charge is 2.18. The van der Waals surface area contributed by atoms with Crippen LogP contribution in [0.3, 0.4) is 0 Å². The molecule has 0 radical (unpaired) electrons. The first-order chi connectivity index (χ1) is 12.1. The summed E-state index contributed by atoms with van der Waals surface area (Å²) in [7, 11) is 3.57. The summed E-state index contributed by atoms with van der Waals surface area (Å²) in [5, 5.41) is 7.95. The molecule has 7 heteroatoms. The normalized spacial score (nSPS) is 12.7. The second-order valence-corrected chi connectivity index (χ2v) is 6.19. The van der Waals surface area contributed by atoms with Crippen molar-refractivity contribution in [1.29, 1.82) is 0 Å². The molecule has 0 unspecified atom stereocenters. The third-order valence-corrected chi connectivity index (χ3v) is 4.05. The molecule has 0 saturated carbocycles. The molecule has 0 bridgehead atoms. The molecule has 2 heterocycles. The fraction of sp³-hybridized carbons (Fsp3) is 0.500. The fourth-order valence-corrected chi connectivity index (χ4v) is 2.88. The van der Waals surface area contributed by atoms with E-state index in [9.17, 15) is 0 Å². The molecule has 7 nitrogen and oxygen atoms in total. The number of hydrogen-bond acceptors (Lipinski definition) is 6. The summed E-state index contributed by atoms with van der Waals surface area (Å²) in [6.07, 6.45) is 0. The van der Waals surface area contributed by atoms with Crippen molar-refractivity contribution in [1.82, 2.24) is 15.1 Å². The van der Waals surface area contributed by atoms with E-state index in [4.69, 9.17) is 18.9 Å². The van der Waals surface area contributed by atoms with Crippen molar-refractivity contribution in [2.45, 2.75) is 26.3 Å². The summed E-state index contributed by atoms with van der Waals surface area (Å²) < 4.78 is 23.7. The smallest absolute Gasteiger partial charge is 0.231 e. The molecule has 0 aliphatic carbocycles. The van der Waals surface area contributed by atoms with Gasteiger partial charge in [-0.1, -0.05) is 13.8 Å². The minimum Gasteiger partial charge on any atom is -0.492 e. The van der Waals surface area contributed by atoms with Gasteiger partial charge in [0.15, 0.2) is 11.5 Å². The molecule has 0 fully saturated rings. The second kappa shape index (κ2) is 7.65. The van der Waals surface area contributed by atoms with Crippen LogP contribution in [0, 0.1) is 0 Å². The van der Waals surface area contributed by atoms with Crippen LogP contribution in [0.5, 0.6) is 23.1 Å². The summed E-state index contributed by atoms with van der Waals surface area (Å²) in [5.41, 5.74) is 2.16. The van der Waals surface area contributed by atoms with E-state index in [1.165, 1.54) is 0 Å². The van der Waals surface area contributed by atoms with Crippen LogP contribution >= 0.6 is 0 Å². The van der Waals surface area contributed by atoms with Gasteiger partial charge in [-0.15, -0.1) is 0 Å². The molecule has 2 aromatic rings. The molecule has 0 amide bonds. The van der Waals surface area contributed by atoms with Gasteiger partial charge in [0.2, 0.25) is 12.7 Å². The van der Waals surface area contributed by atoms with Gasteiger partial charge >= 0.3 is 0 Å². The molecule has 1 aromatic carbocycles. The average molecular weight is 347 g/mol. The topological polar surface area (TPSA) is 66.8 Å². The van der Waals surface area contributed by atoms with Gasteiger partial charge in [-0.05, 0) is 18.1 Å². The van der Waals surface area contributed by atoms with Crippen LogP contribution in [0.1, 0.15) is 31.0 Å². The third-order valence-electron chi connectivity index (χ3n) is 4.05. The van der Waals surface area contributed by atoms with Crippen LogP contribution in [0.2, 0.25) is 0 Å². The monoisotopic (exact) mass is 347 g/mol. The molecule has 1 aromatic heterocycles. The summed E-state index contributed by atoms with van der Waals surface area (Å²) in [6, 6.07) is 5.60. The first-order valence-electron chi connectivity index (χ1n) is 8.43. The zero-order chi connectivity index (χ0) is 17.8. The molecule has 1 N–H and O–H groups in total. The van der Waals surface area contributed by atoms with Crippen LogP contribution in [-0.4, -0.2) is 36.8 Å². The molecular weight excluding hydrogens is 322 g/mol. The summed E-state index contributed by atoms with van der Waals surface area (Å²) >= 11 is 0. The van der Waals surface area contributed by atoms with E-state index >= 15 is 0 Å². The number of nitrogens with one attached hydrogen (secondary N) is 1. The Labute approximate surface area is 147 Å². The van der Waals surface area contributed by atoms with Crippen molar-refractivity contribution in [3.63, 3.8) is 0 Å². The highest BCUT2D eigenvalue weighted by atomic mass is 16.7. The number of benzene rings is 1. The van der Waals surface area contributed by atoms with Crippen molar-refractivity contribution >= 4 is 0 Å². The predicted molar refractivity (Wildman–Crippen MR) is 93.6 cm³/mol. The number of aryl methyl sites for hydroxylation is 1. The van der Waals surface area contributed by atoms with E-state index in [0.29, 0.717) is 25.6 Å². The molecule has 136 valence electrons. The Morgan fingerprint density at radius 3 is 2.84 bits per heavy atom. The van der Waals surface area contributed by atoms with Crippen LogP contribution in [0.25, 0.3) is 0 Å². The Kier molecular flexibility index (Phi) is 5.33. The van der Waals surface area contributed by atoms with Crippen molar-refractivity contribution in [3.8, 4) is 23.1 Å². The first kappa shape index (κ1) is 17.4. The minimum absolute atomic E-state index is 0.269. The van der Waals surface area contributed by atoms with Gasteiger partial charge in [0.1, 0.15) is 12.4 Å². The Morgan fingerprint density at radius 1 is 1.28 bits per heavy atom. The van der Waals surface area contributed by atoms with E-state index in [1.54, 1.807) is 11.8 Å². The van der Waals surface area contributed by atoms with E-state index in [2.05, 4.69) is 24.3 Å². The van der Waals surface area contributed by atoms with Crippen LogP contribution < -0.4 is 24.3 Å². The van der Waals surface area contributed by atoms with Crippen LogP contribution in [-0.2, 0) is 13.6 Å². The largest absolute Gasteiger partial charge is 0.492 e. The molecule has 0 saturated heterocycles. The maximum Gasteiger partial charge on any atom is 0.231 e. The maximum absolute atomic E-state index is 5.76. The number of ether oxygens (including phenoxy) is 4. The van der Waals surface area contributed by atoms with Gasteiger partial charge in [0.25, 0.3) is 0 Å². The quantitative estimate of drug-likeness (QED) is 0.740. The van der Waals surface area contributed by atoms with Crippen LogP contribution in [0.4, 0.5) is 0 Å². The van der Waals surface area contributed by atoms with Gasteiger partial charge in [0.05, 0.1) is 18.4 Å². The molecule has 0 atom stereocenters. The highest BCUT2D eigenvalue weighted by Crippen LogP contribution is 2.35. The number of rotatable bonds is 8. The van der Waals surface area contributed by atoms with Gasteiger partial charge in [0, 0.05) is 26.2 Å². The summed E-state index contributed by atoms with van der Waals surface area (Å²) in [5.74, 6) is 3.40. The van der Waals surface area contributed by atoms with Gasteiger partial charge in [-0.3, -0.25) is 0 Å². The van der Waals surface area contributed by atoms with Crippen molar-refractivity contribution in [3.05, 3.63) is 29.5 Å². The highest BCUT2D eigenvalue weighted by molar-refractivity contribution is 5.46. The van der Waals surface area contributed by atoms with E-state index in [0.717, 1.165) is 34.4 Å². The maximum atomic E-state index is 5.76. The van der Waals surface area contributed by atoms with Gasteiger partial charge < -0.3 is 24.3 Å².